The van der Waals surface area contributed by atoms with E-state index in [2.05, 4.69) is 0 Å². The van der Waals surface area contributed by atoms with Gasteiger partial charge in [-0.3, -0.25) is 4.79 Å². The number of amides is 1. The Balaban J connectivity index is 2.85. The van der Waals surface area contributed by atoms with Gasteiger partial charge in [-0.2, -0.15) is 0 Å². The molecule has 0 spiro atoms. The molecule has 0 aliphatic carbocycles. The fourth-order valence-corrected chi connectivity index (χ4v) is 1.62. The summed E-state index contributed by atoms with van der Waals surface area (Å²) in [5.41, 5.74) is 7.54. The Labute approximate surface area is 97.2 Å². The first-order valence-corrected chi connectivity index (χ1v) is 5.75. The second kappa shape index (κ2) is 5.66. The maximum Gasteiger partial charge on any atom is 0.253 e. The summed E-state index contributed by atoms with van der Waals surface area (Å²) in [7, 11) is 0. The smallest absolute Gasteiger partial charge is 0.253 e. The highest BCUT2D eigenvalue weighted by Crippen LogP contribution is 2.12. The largest absolute Gasteiger partial charge is 0.339 e. The van der Waals surface area contributed by atoms with Gasteiger partial charge in [-0.15, -0.1) is 0 Å². The van der Waals surface area contributed by atoms with Gasteiger partial charge in [-0.05, 0) is 38.5 Å². The predicted molar refractivity (Wildman–Crippen MR) is 66.3 cm³/mol. The Morgan fingerprint density at radius 1 is 1.25 bits per heavy atom. The highest BCUT2D eigenvalue weighted by molar-refractivity contribution is 5.94. The summed E-state index contributed by atoms with van der Waals surface area (Å²) in [6.45, 7) is 7.38. The minimum atomic E-state index is 0.0117. The van der Waals surface area contributed by atoms with Crippen LogP contribution in [0.4, 0.5) is 0 Å². The standard InChI is InChI=1S/C13H20N2O/c1-4-15(5-2)13(16)12-8-6-11(7-9-12)10(3)14/h6-10H,4-5,14H2,1-3H3. The molecule has 0 aliphatic heterocycles. The van der Waals surface area contributed by atoms with Crippen molar-refractivity contribution in [3.63, 3.8) is 0 Å². The topological polar surface area (TPSA) is 46.3 Å². The lowest BCUT2D eigenvalue weighted by Gasteiger charge is -2.18. The molecule has 0 fully saturated rings. The third-order valence-corrected chi connectivity index (χ3v) is 2.73. The van der Waals surface area contributed by atoms with Gasteiger partial charge in [0.05, 0.1) is 0 Å². The van der Waals surface area contributed by atoms with E-state index >= 15 is 0 Å². The normalized spacial score (nSPS) is 12.2. The lowest BCUT2D eigenvalue weighted by atomic mass is 10.1. The van der Waals surface area contributed by atoms with Crippen LogP contribution in [0.5, 0.6) is 0 Å². The molecule has 0 radical (unpaired) electrons. The molecule has 0 bridgehead atoms. The van der Waals surface area contributed by atoms with Crippen molar-refractivity contribution in [1.82, 2.24) is 4.90 Å². The number of benzene rings is 1. The summed E-state index contributed by atoms with van der Waals surface area (Å²) in [5.74, 6) is 0.0845. The molecular formula is C13H20N2O. The quantitative estimate of drug-likeness (QED) is 0.845. The summed E-state index contributed by atoms with van der Waals surface area (Å²) in [6.07, 6.45) is 0. The van der Waals surface area contributed by atoms with Crippen LogP contribution in [0.2, 0.25) is 0 Å². The van der Waals surface area contributed by atoms with Crippen molar-refractivity contribution in [1.29, 1.82) is 0 Å². The van der Waals surface area contributed by atoms with Crippen LogP contribution >= 0.6 is 0 Å². The fourth-order valence-electron chi connectivity index (χ4n) is 1.62. The zero-order valence-corrected chi connectivity index (χ0v) is 10.2. The van der Waals surface area contributed by atoms with Gasteiger partial charge < -0.3 is 10.6 Å². The zero-order chi connectivity index (χ0) is 12.1. The SMILES string of the molecule is CCN(CC)C(=O)c1ccc(C(C)N)cc1. The van der Waals surface area contributed by atoms with Crippen LogP contribution < -0.4 is 5.73 Å². The lowest BCUT2D eigenvalue weighted by molar-refractivity contribution is 0.0773. The molecule has 1 amide bonds. The number of rotatable bonds is 4. The number of carbonyl (C=O) groups is 1. The fraction of sp³-hybridized carbons (Fsp3) is 0.462. The van der Waals surface area contributed by atoms with E-state index in [9.17, 15) is 4.79 Å². The number of nitrogens with zero attached hydrogens (tertiary/aromatic N) is 1. The van der Waals surface area contributed by atoms with Gasteiger partial charge in [0.25, 0.3) is 5.91 Å². The number of hydrogen-bond acceptors (Lipinski definition) is 2. The highest BCUT2D eigenvalue weighted by atomic mass is 16.2. The van der Waals surface area contributed by atoms with Crippen LogP contribution in [0.15, 0.2) is 24.3 Å². The van der Waals surface area contributed by atoms with E-state index in [1.165, 1.54) is 0 Å². The van der Waals surface area contributed by atoms with E-state index in [0.717, 1.165) is 24.2 Å². The Kier molecular flexibility index (Phi) is 4.50. The molecule has 3 nitrogen and oxygen atoms in total. The third kappa shape index (κ3) is 2.83. The highest BCUT2D eigenvalue weighted by Gasteiger charge is 2.12. The maximum absolute atomic E-state index is 12.0. The molecule has 0 aromatic heterocycles. The van der Waals surface area contributed by atoms with Crippen LogP contribution in [-0.2, 0) is 0 Å². The third-order valence-electron chi connectivity index (χ3n) is 2.73. The summed E-state index contributed by atoms with van der Waals surface area (Å²) >= 11 is 0. The Morgan fingerprint density at radius 2 is 1.75 bits per heavy atom. The maximum atomic E-state index is 12.0. The summed E-state index contributed by atoms with van der Waals surface area (Å²) in [5, 5.41) is 0. The minimum absolute atomic E-state index is 0.0117. The molecular weight excluding hydrogens is 200 g/mol. The van der Waals surface area contributed by atoms with E-state index < -0.39 is 0 Å². The number of carbonyl (C=O) groups excluding carboxylic acids is 1. The van der Waals surface area contributed by atoms with Crippen molar-refractivity contribution in [3.8, 4) is 0 Å². The average Bonchev–Trinajstić information content (AvgIpc) is 2.30. The van der Waals surface area contributed by atoms with E-state index in [4.69, 9.17) is 5.73 Å². The first-order chi connectivity index (χ1) is 7.60. The van der Waals surface area contributed by atoms with Crippen molar-refractivity contribution in [2.45, 2.75) is 26.8 Å². The van der Waals surface area contributed by atoms with E-state index in [1.807, 2.05) is 45.0 Å². The molecule has 0 saturated heterocycles. The average molecular weight is 220 g/mol. The van der Waals surface area contributed by atoms with E-state index in [-0.39, 0.29) is 11.9 Å². The van der Waals surface area contributed by atoms with Gasteiger partial charge >= 0.3 is 0 Å². The summed E-state index contributed by atoms with van der Waals surface area (Å²) in [4.78, 5) is 13.8. The number of nitrogens with two attached hydrogens (primary N) is 1. The molecule has 16 heavy (non-hydrogen) atoms. The monoisotopic (exact) mass is 220 g/mol. The van der Waals surface area contributed by atoms with Gasteiger partial charge in [0.2, 0.25) is 0 Å². The Bertz CT molecular complexity index is 339. The molecule has 0 saturated carbocycles. The predicted octanol–water partition coefficient (Wildman–Crippen LogP) is 2.19. The van der Waals surface area contributed by atoms with E-state index in [1.54, 1.807) is 4.90 Å². The van der Waals surface area contributed by atoms with Gasteiger partial charge in [0, 0.05) is 24.7 Å². The van der Waals surface area contributed by atoms with Crippen LogP contribution in [0.25, 0.3) is 0 Å². The second-order valence-electron chi connectivity index (χ2n) is 3.89. The van der Waals surface area contributed by atoms with Crippen molar-refractivity contribution < 1.29 is 4.79 Å². The Morgan fingerprint density at radius 3 is 2.12 bits per heavy atom. The Hall–Kier alpha value is -1.35. The van der Waals surface area contributed by atoms with Gasteiger partial charge in [0.15, 0.2) is 0 Å². The molecule has 1 rings (SSSR count). The molecule has 1 aromatic carbocycles. The molecule has 1 aromatic rings. The second-order valence-corrected chi connectivity index (χ2v) is 3.89. The molecule has 3 heteroatoms. The molecule has 0 aliphatic rings. The summed E-state index contributed by atoms with van der Waals surface area (Å²) in [6, 6.07) is 7.54. The van der Waals surface area contributed by atoms with Crippen molar-refractivity contribution in [3.05, 3.63) is 35.4 Å². The zero-order valence-electron chi connectivity index (χ0n) is 10.2. The van der Waals surface area contributed by atoms with Crippen LogP contribution in [0.3, 0.4) is 0 Å². The molecule has 1 unspecified atom stereocenters. The van der Waals surface area contributed by atoms with Crippen LogP contribution in [0, 0.1) is 0 Å². The first-order valence-electron chi connectivity index (χ1n) is 5.75. The summed E-state index contributed by atoms with van der Waals surface area (Å²) < 4.78 is 0. The molecule has 2 N–H and O–H groups in total. The van der Waals surface area contributed by atoms with Gasteiger partial charge in [0.1, 0.15) is 0 Å². The van der Waals surface area contributed by atoms with Crippen molar-refractivity contribution >= 4 is 5.91 Å². The van der Waals surface area contributed by atoms with Crippen LogP contribution in [-0.4, -0.2) is 23.9 Å². The van der Waals surface area contributed by atoms with Crippen molar-refractivity contribution in [2.75, 3.05) is 13.1 Å². The van der Waals surface area contributed by atoms with E-state index in [0.29, 0.717) is 0 Å². The molecule has 0 heterocycles. The van der Waals surface area contributed by atoms with Crippen molar-refractivity contribution in [2.24, 2.45) is 5.73 Å². The minimum Gasteiger partial charge on any atom is -0.339 e. The van der Waals surface area contributed by atoms with Gasteiger partial charge in [-0.1, -0.05) is 12.1 Å². The van der Waals surface area contributed by atoms with Gasteiger partial charge in [-0.25, -0.2) is 0 Å². The lowest BCUT2D eigenvalue weighted by Crippen LogP contribution is -2.30. The number of hydrogen-bond donors (Lipinski definition) is 1. The van der Waals surface area contributed by atoms with Crippen LogP contribution in [0.1, 0.15) is 42.7 Å². The molecule has 1 atom stereocenters. The first kappa shape index (κ1) is 12.7. The molecule has 88 valence electrons.